The lowest BCUT2D eigenvalue weighted by atomic mass is 9.91. The maximum absolute atomic E-state index is 11.4. The van der Waals surface area contributed by atoms with Gasteiger partial charge in [0, 0.05) is 35.3 Å². The zero-order chi connectivity index (χ0) is 18.1. The summed E-state index contributed by atoms with van der Waals surface area (Å²) < 4.78 is 2.20. The molecule has 3 aromatic rings. The molecule has 134 valence electrons. The summed E-state index contributed by atoms with van der Waals surface area (Å²) in [6.07, 6.45) is 5.48. The molecular weight excluding hydrogens is 346 g/mol. The van der Waals surface area contributed by atoms with E-state index in [0.717, 1.165) is 48.3 Å². The second-order valence-corrected chi connectivity index (χ2v) is 7.47. The average Bonchev–Trinajstić information content (AvgIpc) is 3.05. The largest absolute Gasteiger partial charge is 0.366 e. The third kappa shape index (κ3) is 3.42. The van der Waals surface area contributed by atoms with Crippen molar-refractivity contribution in [3.63, 3.8) is 0 Å². The van der Waals surface area contributed by atoms with Crippen molar-refractivity contribution in [3.8, 4) is 0 Å². The van der Waals surface area contributed by atoms with Crippen LogP contribution in [0.2, 0.25) is 5.02 Å². The topological polar surface area (TPSA) is 51.3 Å². The van der Waals surface area contributed by atoms with E-state index in [1.807, 2.05) is 30.3 Å². The number of carbonyl (C=O) groups is 1. The highest BCUT2D eigenvalue weighted by atomic mass is 35.5. The fourth-order valence-corrected chi connectivity index (χ4v) is 4.08. The molecule has 2 N–H and O–H groups in total. The molecule has 1 fully saturated rings. The van der Waals surface area contributed by atoms with Crippen LogP contribution in [0.4, 0.5) is 0 Å². The molecule has 4 nitrogen and oxygen atoms in total. The number of halogens is 1. The molecule has 2 heterocycles. The van der Waals surface area contributed by atoms with Gasteiger partial charge in [0.1, 0.15) is 0 Å². The summed E-state index contributed by atoms with van der Waals surface area (Å²) in [7, 11) is 0. The normalized spacial score (nSPS) is 15.5. The highest BCUT2D eigenvalue weighted by Crippen LogP contribution is 2.25. The van der Waals surface area contributed by atoms with E-state index in [4.69, 9.17) is 17.3 Å². The van der Waals surface area contributed by atoms with Gasteiger partial charge in [0.2, 0.25) is 5.91 Å². The molecular formula is C21H22ClN3O. The van der Waals surface area contributed by atoms with Crippen LogP contribution < -0.4 is 10.7 Å². The molecule has 4 rings (SSSR count). The number of fused-ring (bicyclic) bond motifs is 1. The number of carbonyl (C=O) groups excluding carboxylic acids is 1. The van der Waals surface area contributed by atoms with Crippen molar-refractivity contribution < 1.29 is 4.79 Å². The summed E-state index contributed by atoms with van der Waals surface area (Å²) >= 11 is 6.10. The molecule has 0 radical (unpaired) electrons. The average molecular weight is 368 g/mol. The van der Waals surface area contributed by atoms with Gasteiger partial charge in [0.15, 0.2) is 0 Å². The van der Waals surface area contributed by atoms with E-state index in [0.29, 0.717) is 11.5 Å². The van der Waals surface area contributed by atoms with Crippen LogP contribution in [0.25, 0.3) is 10.9 Å². The predicted molar refractivity (Wildman–Crippen MR) is 106 cm³/mol. The van der Waals surface area contributed by atoms with E-state index >= 15 is 0 Å². The lowest BCUT2D eigenvalue weighted by molar-refractivity contribution is 0.100. The van der Waals surface area contributed by atoms with Crippen LogP contribution in [0.15, 0.2) is 54.7 Å². The second-order valence-electron chi connectivity index (χ2n) is 7.03. The van der Waals surface area contributed by atoms with Gasteiger partial charge in [-0.3, -0.25) is 9.47 Å². The molecule has 1 aliphatic heterocycles. The maximum Gasteiger partial charge on any atom is 0.248 e. The number of nitrogens with two attached hydrogens (primary N) is 1. The number of rotatable bonds is 4. The van der Waals surface area contributed by atoms with Crippen LogP contribution in [0, 0.1) is 5.92 Å². The van der Waals surface area contributed by atoms with Crippen LogP contribution in [0.1, 0.15) is 28.8 Å². The molecule has 26 heavy (non-hydrogen) atoms. The third-order valence-electron chi connectivity index (χ3n) is 5.26. The van der Waals surface area contributed by atoms with Gasteiger partial charge in [-0.15, -0.1) is 0 Å². The Hall–Kier alpha value is -2.46. The molecule has 2 aromatic carbocycles. The summed E-state index contributed by atoms with van der Waals surface area (Å²) in [5, 5.41) is 4.23. The number of benzene rings is 2. The van der Waals surface area contributed by atoms with Crippen molar-refractivity contribution in [1.82, 2.24) is 4.68 Å². The van der Waals surface area contributed by atoms with Crippen LogP contribution in [0.3, 0.4) is 0 Å². The van der Waals surface area contributed by atoms with Crippen LogP contribution in [-0.4, -0.2) is 23.7 Å². The van der Waals surface area contributed by atoms with Gasteiger partial charge >= 0.3 is 0 Å². The Kier molecular flexibility index (Phi) is 4.60. The van der Waals surface area contributed by atoms with Crippen molar-refractivity contribution >= 4 is 28.4 Å². The molecule has 1 saturated heterocycles. The molecule has 0 saturated carbocycles. The fraction of sp³-hybridized carbons (Fsp3) is 0.286. The summed E-state index contributed by atoms with van der Waals surface area (Å²) in [5.41, 5.74) is 8.36. The summed E-state index contributed by atoms with van der Waals surface area (Å²) in [6, 6.07) is 15.9. The SMILES string of the molecule is NC(=O)c1ccc2c(ccn2N2CCC(Cc3cccc(Cl)c3)CC2)c1. The van der Waals surface area contributed by atoms with Gasteiger partial charge in [-0.05, 0) is 67.1 Å². The van der Waals surface area contributed by atoms with Gasteiger partial charge in [0.25, 0.3) is 0 Å². The predicted octanol–water partition coefficient (Wildman–Crippen LogP) is 3.98. The molecule has 1 aromatic heterocycles. The van der Waals surface area contributed by atoms with Crippen LogP contribution in [0.5, 0.6) is 0 Å². The minimum Gasteiger partial charge on any atom is -0.366 e. The van der Waals surface area contributed by atoms with Crippen molar-refractivity contribution in [1.29, 1.82) is 0 Å². The lowest BCUT2D eigenvalue weighted by Crippen LogP contribution is -2.41. The molecule has 0 spiro atoms. The minimum atomic E-state index is -0.388. The fourth-order valence-electron chi connectivity index (χ4n) is 3.86. The van der Waals surface area contributed by atoms with Crippen LogP contribution in [-0.2, 0) is 6.42 Å². The number of hydrogen-bond donors (Lipinski definition) is 1. The Bertz CT molecular complexity index is 941. The first-order valence-electron chi connectivity index (χ1n) is 9.01. The van der Waals surface area contributed by atoms with E-state index in [1.165, 1.54) is 5.56 Å². The zero-order valence-electron chi connectivity index (χ0n) is 14.6. The quantitative estimate of drug-likeness (QED) is 0.758. The maximum atomic E-state index is 11.4. The van der Waals surface area contributed by atoms with Crippen molar-refractivity contribution in [3.05, 3.63) is 70.9 Å². The Morgan fingerprint density at radius 2 is 1.92 bits per heavy atom. The first kappa shape index (κ1) is 17.0. The Balaban J connectivity index is 1.44. The Morgan fingerprint density at radius 1 is 1.12 bits per heavy atom. The minimum absolute atomic E-state index is 0.388. The second kappa shape index (κ2) is 7.04. The zero-order valence-corrected chi connectivity index (χ0v) is 15.3. The van der Waals surface area contributed by atoms with E-state index in [-0.39, 0.29) is 5.91 Å². The molecule has 0 aliphatic carbocycles. The van der Waals surface area contributed by atoms with Gasteiger partial charge in [-0.2, -0.15) is 0 Å². The van der Waals surface area contributed by atoms with Crippen molar-refractivity contribution in [2.24, 2.45) is 11.7 Å². The number of primary amides is 1. The molecule has 1 amide bonds. The first-order valence-corrected chi connectivity index (χ1v) is 9.38. The lowest BCUT2D eigenvalue weighted by Gasteiger charge is -2.34. The molecule has 0 atom stereocenters. The number of hydrogen-bond acceptors (Lipinski definition) is 2. The number of nitrogens with zero attached hydrogens (tertiary/aromatic N) is 2. The van der Waals surface area contributed by atoms with Crippen molar-refractivity contribution in [2.75, 3.05) is 18.1 Å². The highest BCUT2D eigenvalue weighted by molar-refractivity contribution is 6.30. The molecule has 0 bridgehead atoms. The Labute approximate surface area is 158 Å². The van der Waals surface area contributed by atoms with Crippen molar-refractivity contribution in [2.45, 2.75) is 19.3 Å². The molecule has 0 unspecified atom stereocenters. The van der Waals surface area contributed by atoms with Gasteiger partial charge in [-0.1, -0.05) is 23.7 Å². The summed E-state index contributed by atoms with van der Waals surface area (Å²) in [4.78, 5) is 11.4. The first-order chi connectivity index (χ1) is 12.6. The third-order valence-corrected chi connectivity index (χ3v) is 5.50. The van der Waals surface area contributed by atoms with Gasteiger partial charge < -0.3 is 10.7 Å². The number of amides is 1. The van der Waals surface area contributed by atoms with Gasteiger partial charge in [-0.25, -0.2) is 0 Å². The van der Waals surface area contributed by atoms with Crippen LogP contribution >= 0.6 is 11.6 Å². The monoisotopic (exact) mass is 367 g/mol. The Morgan fingerprint density at radius 3 is 2.65 bits per heavy atom. The molecule has 1 aliphatic rings. The van der Waals surface area contributed by atoms with E-state index in [1.54, 1.807) is 6.07 Å². The smallest absolute Gasteiger partial charge is 0.248 e. The number of aromatic nitrogens is 1. The summed E-state index contributed by atoms with van der Waals surface area (Å²) in [5.74, 6) is 0.300. The van der Waals surface area contributed by atoms with Gasteiger partial charge in [0.05, 0.1) is 5.52 Å². The number of piperidine rings is 1. The summed E-state index contributed by atoms with van der Waals surface area (Å²) in [6.45, 7) is 2.04. The highest BCUT2D eigenvalue weighted by Gasteiger charge is 2.20. The standard InChI is InChI=1S/C21H22ClN3O/c22-19-3-1-2-16(13-19)12-15-6-9-24(10-7-15)25-11-8-17-14-18(21(23)26)4-5-20(17)25/h1-5,8,11,13-15H,6-7,9-10,12H2,(H2,23,26). The van der Waals surface area contributed by atoms with E-state index in [2.05, 4.69) is 28.0 Å². The molecule has 5 heteroatoms. The van der Waals surface area contributed by atoms with E-state index in [9.17, 15) is 4.79 Å². The van der Waals surface area contributed by atoms with E-state index < -0.39 is 0 Å².